The number of benzene rings is 2. The van der Waals surface area contributed by atoms with E-state index in [1.165, 1.54) is 30.0 Å². The maximum Gasteiger partial charge on any atom is 0.414 e. The molecule has 2 heterocycles. The minimum Gasteiger partial charge on any atom is -0.442 e. The zero-order valence-electron chi connectivity index (χ0n) is 19.6. The van der Waals surface area contributed by atoms with E-state index in [4.69, 9.17) is 4.74 Å². The van der Waals surface area contributed by atoms with Crippen molar-refractivity contribution in [1.82, 2.24) is 5.32 Å². The van der Waals surface area contributed by atoms with E-state index in [1.807, 2.05) is 4.90 Å². The first-order chi connectivity index (χ1) is 17.2. The van der Waals surface area contributed by atoms with Crippen molar-refractivity contribution in [2.24, 2.45) is 0 Å². The van der Waals surface area contributed by atoms with Crippen LogP contribution in [0.15, 0.2) is 42.5 Å². The van der Waals surface area contributed by atoms with Crippen LogP contribution in [-0.4, -0.2) is 54.7 Å². The number of nitrogens with zero attached hydrogens (tertiary/aromatic N) is 4. The average molecular weight is 496 g/mol. The monoisotopic (exact) mass is 496 g/mol. The molecule has 2 aromatic rings. The van der Waals surface area contributed by atoms with Gasteiger partial charge in [-0.1, -0.05) is 0 Å². The minimum atomic E-state index is -0.884. The summed E-state index contributed by atoms with van der Waals surface area (Å²) < 4.78 is 20.3. The normalized spacial score (nSPS) is 18.8. The van der Waals surface area contributed by atoms with Crippen molar-refractivity contribution in [3.63, 3.8) is 0 Å². The molecule has 2 aliphatic rings. The quantitative estimate of drug-likeness (QED) is 0.440. The van der Waals surface area contributed by atoms with Gasteiger partial charge in [-0.2, -0.15) is 5.26 Å². The topological polar surface area (TPSA) is 141 Å². The molecule has 0 aliphatic carbocycles. The third kappa shape index (κ3) is 5.30. The molecule has 2 saturated heterocycles. The molecule has 0 spiro atoms. The predicted octanol–water partition coefficient (Wildman–Crippen LogP) is 3.17. The maximum absolute atomic E-state index is 15.1. The molecule has 2 amide bonds. The van der Waals surface area contributed by atoms with Gasteiger partial charge in [0.15, 0.2) is 0 Å². The highest BCUT2D eigenvalue weighted by Gasteiger charge is 2.36. The number of rotatable bonds is 7. The van der Waals surface area contributed by atoms with Crippen LogP contribution < -0.4 is 20.4 Å². The summed E-state index contributed by atoms with van der Waals surface area (Å²) in [6.07, 6.45) is -0.309. The molecule has 0 aromatic heterocycles. The van der Waals surface area contributed by atoms with Crippen LogP contribution in [0.2, 0.25) is 0 Å². The molecule has 11 nitrogen and oxygen atoms in total. The number of nitrogens with one attached hydrogen (secondary N) is 2. The Hall–Kier alpha value is -4.40. The van der Waals surface area contributed by atoms with Crippen LogP contribution in [0.5, 0.6) is 0 Å². The molecular weight excluding hydrogens is 471 g/mol. The lowest BCUT2D eigenvalue weighted by Crippen LogP contribution is -2.48. The molecule has 188 valence electrons. The highest BCUT2D eigenvalue weighted by atomic mass is 19.1. The van der Waals surface area contributed by atoms with Gasteiger partial charge in [0, 0.05) is 50.7 Å². The molecule has 2 aromatic carbocycles. The number of ether oxygens (including phenoxy) is 1. The largest absolute Gasteiger partial charge is 0.442 e. The number of anilines is 3. The van der Waals surface area contributed by atoms with Crippen LogP contribution in [0.25, 0.3) is 0 Å². The van der Waals surface area contributed by atoms with Crippen molar-refractivity contribution < 1.29 is 23.6 Å². The number of nitro groups is 1. The van der Waals surface area contributed by atoms with Crippen molar-refractivity contribution in [3.8, 4) is 6.07 Å². The number of carbonyl (C=O) groups is 2. The van der Waals surface area contributed by atoms with E-state index in [2.05, 4.69) is 16.7 Å². The van der Waals surface area contributed by atoms with Crippen molar-refractivity contribution in [1.29, 1.82) is 5.26 Å². The van der Waals surface area contributed by atoms with Gasteiger partial charge in [-0.25, -0.2) is 9.18 Å². The summed E-state index contributed by atoms with van der Waals surface area (Å²) in [6, 6.07) is 12.7. The van der Waals surface area contributed by atoms with E-state index in [0.717, 1.165) is 0 Å². The Morgan fingerprint density at radius 1 is 1.28 bits per heavy atom. The van der Waals surface area contributed by atoms with Crippen molar-refractivity contribution in [2.45, 2.75) is 31.4 Å². The van der Waals surface area contributed by atoms with E-state index in [0.29, 0.717) is 43.0 Å². The van der Waals surface area contributed by atoms with Gasteiger partial charge in [-0.3, -0.25) is 19.8 Å². The molecule has 12 heteroatoms. The summed E-state index contributed by atoms with van der Waals surface area (Å²) in [7, 11) is 0. The lowest BCUT2D eigenvalue weighted by atomic mass is 9.88. The van der Waals surface area contributed by atoms with Gasteiger partial charge in [-0.05, 0) is 30.3 Å². The molecule has 2 aliphatic heterocycles. The van der Waals surface area contributed by atoms with Gasteiger partial charge < -0.3 is 20.3 Å². The molecule has 0 bridgehead atoms. The summed E-state index contributed by atoms with van der Waals surface area (Å²) in [6.45, 7) is 2.57. The molecule has 4 rings (SSSR count). The number of hydrogen-bond donors (Lipinski definition) is 2. The van der Waals surface area contributed by atoms with Gasteiger partial charge in [-0.15, -0.1) is 0 Å². The van der Waals surface area contributed by atoms with Crippen LogP contribution >= 0.6 is 0 Å². The summed E-state index contributed by atoms with van der Waals surface area (Å²) in [4.78, 5) is 36.8. The molecule has 1 atom stereocenters. The first-order valence-corrected chi connectivity index (χ1v) is 11.4. The Bertz CT molecular complexity index is 1210. The second kappa shape index (κ2) is 10.1. The van der Waals surface area contributed by atoms with Crippen LogP contribution in [0.3, 0.4) is 0 Å². The Kier molecular flexibility index (Phi) is 6.91. The average Bonchev–Trinajstić information content (AvgIpc) is 3.24. The highest BCUT2D eigenvalue weighted by molar-refractivity contribution is 5.90. The van der Waals surface area contributed by atoms with Crippen LogP contribution in [0.1, 0.15) is 19.8 Å². The summed E-state index contributed by atoms with van der Waals surface area (Å²) in [5.74, 6) is -0.733. The molecule has 2 fully saturated rings. The summed E-state index contributed by atoms with van der Waals surface area (Å²) in [5, 5.41) is 26.5. The van der Waals surface area contributed by atoms with Gasteiger partial charge in [0.05, 0.1) is 35.5 Å². The molecule has 2 N–H and O–H groups in total. The number of hydrogen-bond acceptors (Lipinski definition) is 8. The van der Waals surface area contributed by atoms with Gasteiger partial charge in [0.25, 0.3) is 5.69 Å². The Balaban J connectivity index is 1.39. The number of nitriles is 1. The second-order valence-corrected chi connectivity index (χ2v) is 8.80. The number of cyclic esters (lactones) is 1. The van der Waals surface area contributed by atoms with E-state index in [1.54, 1.807) is 24.3 Å². The predicted molar refractivity (Wildman–Crippen MR) is 129 cm³/mol. The van der Waals surface area contributed by atoms with E-state index in [9.17, 15) is 25.0 Å². The zero-order chi connectivity index (χ0) is 25.9. The fraction of sp³-hybridized carbons (Fsp3) is 0.375. The molecule has 36 heavy (non-hydrogen) atoms. The maximum atomic E-state index is 15.1. The standard InChI is InChI=1S/C24H25FN6O5/c1-16(32)27-13-20-14-30(23(33)36-20)19-6-7-22(21(25)12-19)29-10-8-24(15-26,9-11-29)28-17-2-4-18(5-3-17)31(34)35/h2-7,12,20,28H,8-11,13-14H2,1H3,(H,27,32)/t20-/m0/s1. The third-order valence-electron chi connectivity index (χ3n) is 6.33. The minimum absolute atomic E-state index is 0.0364. The van der Waals surface area contributed by atoms with Crippen molar-refractivity contribution in [2.75, 3.05) is 41.3 Å². The third-order valence-corrected chi connectivity index (χ3v) is 6.33. The number of nitro benzene ring substituents is 1. The van der Waals surface area contributed by atoms with Crippen LogP contribution in [-0.2, 0) is 9.53 Å². The number of amides is 2. The lowest BCUT2D eigenvalue weighted by molar-refractivity contribution is -0.384. The second-order valence-electron chi connectivity index (χ2n) is 8.80. The van der Waals surface area contributed by atoms with Crippen molar-refractivity contribution >= 4 is 34.7 Å². The fourth-order valence-corrected chi connectivity index (χ4v) is 4.35. The highest BCUT2D eigenvalue weighted by Crippen LogP contribution is 2.33. The first kappa shape index (κ1) is 24.7. The van der Waals surface area contributed by atoms with Gasteiger partial charge >= 0.3 is 6.09 Å². The van der Waals surface area contributed by atoms with Gasteiger partial charge in [0.2, 0.25) is 5.91 Å². The summed E-state index contributed by atoms with van der Waals surface area (Å²) in [5.41, 5.74) is 0.398. The van der Waals surface area contributed by atoms with E-state index < -0.39 is 28.5 Å². The number of non-ortho nitro benzene ring substituents is 1. The summed E-state index contributed by atoms with van der Waals surface area (Å²) >= 11 is 0. The Morgan fingerprint density at radius 3 is 2.56 bits per heavy atom. The van der Waals surface area contributed by atoms with Crippen LogP contribution in [0.4, 0.5) is 31.9 Å². The molecule has 0 unspecified atom stereocenters. The number of halogens is 1. The lowest BCUT2D eigenvalue weighted by Gasteiger charge is -2.39. The zero-order valence-corrected chi connectivity index (χ0v) is 19.6. The fourth-order valence-electron chi connectivity index (χ4n) is 4.35. The number of piperidine rings is 1. The Morgan fingerprint density at radius 2 is 1.97 bits per heavy atom. The van der Waals surface area contributed by atoms with Crippen molar-refractivity contribution in [3.05, 3.63) is 58.4 Å². The molecular formula is C24H25FN6O5. The number of carbonyl (C=O) groups excluding carboxylic acids is 2. The molecule has 0 saturated carbocycles. The Labute approximate surface area is 206 Å². The first-order valence-electron chi connectivity index (χ1n) is 11.4. The molecule has 0 radical (unpaired) electrons. The SMILES string of the molecule is CC(=O)NC[C@H]1CN(c2ccc(N3CCC(C#N)(Nc4ccc([N+](=O)[O-])cc4)CC3)c(F)c2)C(=O)O1. The smallest absolute Gasteiger partial charge is 0.414 e. The van der Waals surface area contributed by atoms with Gasteiger partial charge in [0.1, 0.15) is 17.5 Å². The van der Waals surface area contributed by atoms with E-state index in [-0.39, 0.29) is 24.7 Å². The van der Waals surface area contributed by atoms with Crippen LogP contribution in [0, 0.1) is 27.3 Å². The van der Waals surface area contributed by atoms with E-state index >= 15 is 4.39 Å².